The van der Waals surface area contributed by atoms with E-state index in [9.17, 15) is 0 Å². The number of anilines is 2. The van der Waals surface area contributed by atoms with Crippen LogP contribution < -0.4 is 16.8 Å². The van der Waals surface area contributed by atoms with Gasteiger partial charge in [-0.15, -0.1) is 0 Å². The summed E-state index contributed by atoms with van der Waals surface area (Å²) in [5.74, 6) is 0.107. The quantitative estimate of drug-likeness (QED) is 0.251. The standard InChI is InChI=1S/C25H23FN10/c1-3-4-5-16(36-10-12(2)31-11-36)21-23(28)35-25(33-21)22-17-15(20-24(32-20)34-22)9-30-19(18(17)26)13-6-14(27)8-29-7-13/h3-11,20,24,32H,27-28H2,1-2H3,(H,33,35)/b4-3?,16-5+. The molecule has 0 spiro atoms. The molecule has 2 aliphatic heterocycles. The number of rotatable bonds is 5. The van der Waals surface area contributed by atoms with Crippen molar-refractivity contribution >= 4 is 22.9 Å². The van der Waals surface area contributed by atoms with Crippen LogP contribution in [0.3, 0.4) is 0 Å². The second-order valence-corrected chi connectivity index (χ2v) is 8.67. The van der Waals surface area contributed by atoms with Crippen LogP contribution in [0.15, 0.2) is 60.4 Å². The molecule has 4 aromatic rings. The maximum absolute atomic E-state index is 16.1. The molecular formula is C25H23FN10. The molecule has 11 heteroatoms. The summed E-state index contributed by atoms with van der Waals surface area (Å²) in [5.41, 5.74) is 16.9. The van der Waals surface area contributed by atoms with Gasteiger partial charge in [0.05, 0.1) is 29.4 Å². The summed E-state index contributed by atoms with van der Waals surface area (Å²) in [7, 11) is 0. The molecule has 36 heavy (non-hydrogen) atoms. The molecule has 2 aliphatic rings. The van der Waals surface area contributed by atoms with Gasteiger partial charge in [-0.25, -0.2) is 14.4 Å². The number of hydrogen-bond acceptors (Lipinski definition) is 8. The SMILES string of the molecule is CC=C/C=C(\c1[nH]c(C2=NC3NC3c3cnc(-c4cncc(N)c4)c(F)c32)nc1N)n1cnc(C)c1. The molecule has 6 rings (SSSR count). The molecule has 0 radical (unpaired) electrons. The lowest BCUT2D eigenvalue weighted by molar-refractivity contribution is 0.618. The highest BCUT2D eigenvalue weighted by Crippen LogP contribution is 2.41. The van der Waals surface area contributed by atoms with E-state index in [1.54, 1.807) is 18.6 Å². The monoisotopic (exact) mass is 482 g/mol. The first kappa shape index (κ1) is 21.9. The molecule has 0 aromatic carbocycles. The predicted octanol–water partition coefficient (Wildman–Crippen LogP) is 2.96. The maximum atomic E-state index is 16.1. The second kappa shape index (κ2) is 8.24. The number of aromatic amines is 1. The predicted molar refractivity (Wildman–Crippen MR) is 135 cm³/mol. The van der Waals surface area contributed by atoms with Crippen LogP contribution in [0.1, 0.15) is 41.3 Å². The van der Waals surface area contributed by atoms with Gasteiger partial charge < -0.3 is 21.0 Å². The van der Waals surface area contributed by atoms with Gasteiger partial charge in [0.15, 0.2) is 17.5 Å². The van der Waals surface area contributed by atoms with Gasteiger partial charge >= 0.3 is 0 Å². The molecule has 4 aromatic heterocycles. The Kier molecular flexibility index (Phi) is 5.00. The Hall–Kier alpha value is -4.64. The summed E-state index contributed by atoms with van der Waals surface area (Å²) in [6, 6.07) is 1.54. The first-order valence-electron chi connectivity index (χ1n) is 11.4. The number of aromatic nitrogens is 6. The Morgan fingerprint density at radius 3 is 2.81 bits per heavy atom. The van der Waals surface area contributed by atoms with Crippen LogP contribution in [0.5, 0.6) is 0 Å². The van der Waals surface area contributed by atoms with Gasteiger partial charge in [-0.2, -0.15) is 0 Å². The molecule has 1 fully saturated rings. The van der Waals surface area contributed by atoms with Crippen LogP contribution >= 0.6 is 0 Å². The summed E-state index contributed by atoms with van der Waals surface area (Å²) in [6.45, 7) is 3.83. The van der Waals surface area contributed by atoms with Gasteiger partial charge in [0.1, 0.15) is 23.3 Å². The Balaban J connectivity index is 1.49. The van der Waals surface area contributed by atoms with Crippen LogP contribution in [-0.4, -0.2) is 41.4 Å². The smallest absolute Gasteiger partial charge is 0.159 e. The summed E-state index contributed by atoms with van der Waals surface area (Å²) in [4.78, 5) is 25.3. The van der Waals surface area contributed by atoms with Gasteiger partial charge in [-0.3, -0.25) is 20.3 Å². The van der Waals surface area contributed by atoms with Crippen LogP contribution in [0.25, 0.3) is 17.0 Å². The van der Waals surface area contributed by atoms with Gasteiger partial charge in [0.25, 0.3) is 0 Å². The van der Waals surface area contributed by atoms with Crippen LogP contribution in [0, 0.1) is 12.7 Å². The van der Waals surface area contributed by atoms with E-state index < -0.39 is 5.82 Å². The molecule has 180 valence electrons. The van der Waals surface area contributed by atoms with Crippen molar-refractivity contribution in [3.63, 3.8) is 0 Å². The number of nitrogen functional groups attached to an aromatic ring is 2. The lowest BCUT2D eigenvalue weighted by Crippen LogP contribution is -2.18. The van der Waals surface area contributed by atoms with Gasteiger partial charge in [0, 0.05) is 41.5 Å². The summed E-state index contributed by atoms with van der Waals surface area (Å²) in [6.07, 6.45) is 13.8. The van der Waals surface area contributed by atoms with Gasteiger partial charge in [-0.1, -0.05) is 12.2 Å². The Morgan fingerprint density at radius 2 is 2.06 bits per heavy atom. The normalized spacial score (nSPS) is 18.8. The minimum absolute atomic E-state index is 0.0929. The Bertz CT molecular complexity index is 1590. The molecule has 6 heterocycles. The minimum atomic E-state index is -0.516. The molecule has 6 N–H and O–H groups in total. The third-order valence-electron chi connectivity index (χ3n) is 6.13. The van der Waals surface area contributed by atoms with E-state index in [0.29, 0.717) is 34.0 Å². The number of aryl methyl sites for hydroxylation is 1. The number of allylic oxidation sites excluding steroid dienone is 3. The largest absolute Gasteiger partial charge is 0.397 e. The average Bonchev–Trinajstić information content (AvgIpc) is 3.38. The first-order valence-corrected chi connectivity index (χ1v) is 11.4. The van der Waals surface area contributed by atoms with Crippen molar-refractivity contribution in [1.29, 1.82) is 0 Å². The summed E-state index contributed by atoms with van der Waals surface area (Å²) in [5, 5.41) is 3.25. The highest BCUT2D eigenvalue weighted by molar-refractivity contribution is 6.14. The van der Waals surface area contributed by atoms with Crippen molar-refractivity contribution in [3.05, 3.63) is 89.6 Å². The van der Waals surface area contributed by atoms with Gasteiger partial charge in [-0.05, 0) is 26.0 Å². The van der Waals surface area contributed by atoms with Crippen LogP contribution in [0.2, 0.25) is 0 Å². The number of pyridine rings is 2. The molecule has 0 saturated carbocycles. The van der Waals surface area contributed by atoms with Crippen molar-refractivity contribution in [1.82, 2.24) is 34.8 Å². The summed E-state index contributed by atoms with van der Waals surface area (Å²) >= 11 is 0. The fraction of sp³-hybridized carbons (Fsp3) is 0.160. The fourth-order valence-electron chi connectivity index (χ4n) is 4.38. The zero-order valence-corrected chi connectivity index (χ0v) is 19.6. The molecular weight excluding hydrogens is 459 g/mol. The molecule has 1 saturated heterocycles. The van der Waals surface area contributed by atoms with E-state index in [2.05, 4.69) is 30.2 Å². The highest BCUT2D eigenvalue weighted by atomic mass is 19.1. The lowest BCUT2D eigenvalue weighted by atomic mass is 9.96. The van der Waals surface area contributed by atoms with Crippen molar-refractivity contribution in [2.24, 2.45) is 4.99 Å². The maximum Gasteiger partial charge on any atom is 0.159 e. The topological polar surface area (TPSA) is 159 Å². The number of aliphatic imine (C=N–C) groups is 1. The van der Waals surface area contributed by atoms with E-state index in [4.69, 9.17) is 16.5 Å². The number of nitrogens with one attached hydrogen (secondary N) is 2. The molecule has 2 unspecified atom stereocenters. The van der Waals surface area contributed by atoms with E-state index >= 15 is 4.39 Å². The fourth-order valence-corrected chi connectivity index (χ4v) is 4.38. The molecule has 0 bridgehead atoms. The van der Waals surface area contributed by atoms with E-state index in [1.165, 1.54) is 12.4 Å². The van der Waals surface area contributed by atoms with Crippen molar-refractivity contribution in [2.45, 2.75) is 26.1 Å². The minimum Gasteiger partial charge on any atom is -0.397 e. The third kappa shape index (κ3) is 3.57. The number of nitrogens with zero attached hydrogens (tertiary/aromatic N) is 6. The zero-order chi connectivity index (χ0) is 25.0. The highest BCUT2D eigenvalue weighted by Gasteiger charge is 2.45. The zero-order valence-electron chi connectivity index (χ0n) is 19.6. The van der Waals surface area contributed by atoms with Crippen LogP contribution in [0.4, 0.5) is 15.9 Å². The van der Waals surface area contributed by atoms with E-state index in [0.717, 1.165) is 17.0 Å². The number of imidazole rings is 2. The molecule has 10 nitrogen and oxygen atoms in total. The lowest BCUT2D eigenvalue weighted by Gasteiger charge is -2.16. The second-order valence-electron chi connectivity index (χ2n) is 8.67. The Labute approximate surface area is 205 Å². The Morgan fingerprint density at radius 1 is 1.19 bits per heavy atom. The van der Waals surface area contributed by atoms with E-state index in [1.807, 2.05) is 42.8 Å². The number of hydrogen-bond donors (Lipinski definition) is 4. The van der Waals surface area contributed by atoms with Crippen molar-refractivity contribution in [2.75, 3.05) is 11.5 Å². The number of H-pyrrole nitrogens is 1. The third-order valence-corrected chi connectivity index (χ3v) is 6.13. The number of halogens is 1. The summed E-state index contributed by atoms with van der Waals surface area (Å²) < 4.78 is 17.9. The van der Waals surface area contributed by atoms with Crippen LogP contribution in [-0.2, 0) is 0 Å². The average molecular weight is 483 g/mol. The molecule has 0 amide bonds. The molecule has 2 atom stereocenters. The molecule has 0 aliphatic carbocycles. The van der Waals surface area contributed by atoms with Crippen molar-refractivity contribution in [3.8, 4) is 11.3 Å². The van der Waals surface area contributed by atoms with Crippen molar-refractivity contribution < 1.29 is 4.39 Å². The first-order chi connectivity index (χ1) is 17.4. The van der Waals surface area contributed by atoms with E-state index in [-0.39, 0.29) is 23.7 Å². The van der Waals surface area contributed by atoms with Gasteiger partial charge in [0.2, 0.25) is 0 Å². The number of fused-ring (bicyclic) bond motifs is 3. The number of nitrogens with two attached hydrogens (primary N) is 2.